The Morgan fingerprint density at radius 1 is 1.08 bits per heavy atom. The Bertz CT molecular complexity index is 816. The lowest BCUT2D eigenvalue weighted by Crippen LogP contribution is -2.40. The molecule has 0 aliphatic rings. The van der Waals surface area contributed by atoms with Gasteiger partial charge in [-0.05, 0) is 42.3 Å². The zero-order valence-corrected chi connectivity index (χ0v) is 14.6. The summed E-state index contributed by atoms with van der Waals surface area (Å²) in [6.45, 7) is 2.81. The first-order valence-electron chi connectivity index (χ1n) is 8.54. The lowest BCUT2D eigenvalue weighted by Gasteiger charge is -2.17. The summed E-state index contributed by atoms with van der Waals surface area (Å²) in [6.07, 6.45) is 1.60. The number of hydrogen-bond acceptors (Lipinski definition) is 3. The van der Waals surface area contributed by atoms with Crippen LogP contribution < -0.4 is 15.4 Å². The van der Waals surface area contributed by atoms with Crippen LogP contribution in [0.3, 0.4) is 0 Å². The number of ether oxygens (including phenoxy) is 1. The van der Waals surface area contributed by atoms with Crippen molar-refractivity contribution in [3.63, 3.8) is 0 Å². The van der Waals surface area contributed by atoms with Crippen molar-refractivity contribution < 1.29 is 13.9 Å². The predicted octanol–water partition coefficient (Wildman–Crippen LogP) is 4.06. The molecule has 5 heteroatoms. The summed E-state index contributed by atoms with van der Waals surface area (Å²) in [5.41, 5.74) is 2.09. The molecule has 0 radical (unpaired) electrons. The van der Waals surface area contributed by atoms with Gasteiger partial charge in [0.05, 0.1) is 12.8 Å². The fraction of sp³-hybridized carbons (Fsp3) is 0.190. The molecule has 0 fully saturated rings. The van der Waals surface area contributed by atoms with Crippen LogP contribution in [0, 0.1) is 6.92 Å². The van der Waals surface area contributed by atoms with Crippen LogP contribution in [0.1, 0.15) is 22.9 Å². The minimum atomic E-state index is -0.344. The van der Waals surface area contributed by atoms with Crippen LogP contribution in [-0.2, 0) is 0 Å². The van der Waals surface area contributed by atoms with Gasteiger partial charge in [-0.15, -0.1) is 0 Å². The maximum Gasteiger partial charge on any atom is 0.315 e. The average molecular weight is 350 g/mol. The van der Waals surface area contributed by atoms with Gasteiger partial charge in [-0.2, -0.15) is 0 Å². The van der Waals surface area contributed by atoms with E-state index in [2.05, 4.69) is 10.6 Å². The summed E-state index contributed by atoms with van der Waals surface area (Å²) in [6, 6.07) is 20.5. The van der Waals surface area contributed by atoms with E-state index in [-0.39, 0.29) is 12.1 Å². The van der Waals surface area contributed by atoms with Gasteiger partial charge in [-0.1, -0.05) is 42.5 Å². The van der Waals surface area contributed by atoms with Gasteiger partial charge < -0.3 is 19.8 Å². The van der Waals surface area contributed by atoms with E-state index in [1.165, 1.54) is 0 Å². The highest BCUT2D eigenvalue weighted by molar-refractivity contribution is 5.74. The molecular formula is C21H22N2O3. The number of aryl methyl sites for hydroxylation is 1. The van der Waals surface area contributed by atoms with E-state index < -0.39 is 0 Å². The zero-order valence-electron chi connectivity index (χ0n) is 14.6. The topological polar surface area (TPSA) is 63.5 Å². The molecule has 1 heterocycles. The van der Waals surface area contributed by atoms with Crippen LogP contribution in [0.2, 0.25) is 0 Å². The largest absolute Gasteiger partial charge is 0.492 e. The number of furan rings is 1. The monoisotopic (exact) mass is 350 g/mol. The summed E-state index contributed by atoms with van der Waals surface area (Å²) in [4.78, 5) is 12.3. The SMILES string of the molecule is Cc1cccc(OCCNC(=O)NC(c2ccccc2)c2ccco2)c1. The second-order valence-electron chi connectivity index (χ2n) is 5.92. The molecular weight excluding hydrogens is 328 g/mol. The highest BCUT2D eigenvalue weighted by Crippen LogP contribution is 2.22. The van der Waals surface area contributed by atoms with Crippen molar-refractivity contribution in [3.05, 3.63) is 89.9 Å². The smallest absolute Gasteiger partial charge is 0.315 e. The second kappa shape index (κ2) is 8.76. The molecule has 1 atom stereocenters. The van der Waals surface area contributed by atoms with Crippen molar-refractivity contribution in [2.75, 3.05) is 13.2 Å². The molecule has 134 valence electrons. The van der Waals surface area contributed by atoms with E-state index in [0.717, 1.165) is 16.9 Å². The van der Waals surface area contributed by atoms with Crippen molar-refractivity contribution in [2.24, 2.45) is 0 Å². The van der Waals surface area contributed by atoms with Crippen molar-refractivity contribution >= 4 is 6.03 Å². The molecule has 0 aliphatic heterocycles. The van der Waals surface area contributed by atoms with E-state index in [9.17, 15) is 4.79 Å². The molecule has 0 saturated heterocycles. The summed E-state index contributed by atoms with van der Waals surface area (Å²) < 4.78 is 11.1. The normalized spacial score (nSPS) is 11.6. The molecule has 0 bridgehead atoms. The Kier molecular flexibility index (Phi) is 5.93. The van der Waals surface area contributed by atoms with Crippen LogP contribution in [-0.4, -0.2) is 19.2 Å². The summed E-state index contributed by atoms with van der Waals surface area (Å²) >= 11 is 0. The molecule has 2 amide bonds. The number of urea groups is 1. The van der Waals surface area contributed by atoms with Gasteiger partial charge in [0.1, 0.15) is 24.2 Å². The van der Waals surface area contributed by atoms with Crippen molar-refractivity contribution in [1.29, 1.82) is 0 Å². The molecule has 2 N–H and O–H groups in total. The van der Waals surface area contributed by atoms with Gasteiger partial charge >= 0.3 is 6.03 Å². The van der Waals surface area contributed by atoms with Gasteiger partial charge in [0.15, 0.2) is 0 Å². The van der Waals surface area contributed by atoms with E-state index in [1.54, 1.807) is 12.3 Å². The summed E-state index contributed by atoms with van der Waals surface area (Å²) in [5, 5.41) is 5.76. The van der Waals surface area contributed by atoms with E-state index in [1.807, 2.05) is 67.6 Å². The number of benzene rings is 2. The Morgan fingerprint density at radius 3 is 2.65 bits per heavy atom. The fourth-order valence-electron chi connectivity index (χ4n) is 2.64. The quantitative estimate of drug-likeness (QED) is 0.632. The molecule has 1 unspecified atom stereocenters. The molecule has 0 spiro atoms. The number of carbonyl (C=O) groups is 1. The van der Waals surface area contributed by atoms with Gasteiger partial charge in [0, 0.05) is 0 Å². The molecule has 1 aromatic heterocycles. The van der Waals surface area contributed by atoms with Gasteiger partial charge in [-0.25, -0.2) is 4.79 Å². The van der Waals surface area contributed by atoms with Gasteiger partial charge in [0.25, 0.3) is 0 Å². The Morgan fingerprint density at radius 2 is 1.92 bits per heavy atom. The standard InChI is InChI=1S/C21H22N2O3/c1-16-7-5-10-18(15-16)25-14-12-22-21(24)23-20(19-11-6-13-26-19)17-8-3-2-4-9-17/h2-11,13,15,20H,12,14H2,1H3,(H2,22,23,24). The lowest BCUT2D eigenvalue weighted by molar-refractivity contribution is 0.233. The van der Waals surface area contributed by atoms with Crippen molar-refractivity contribution in [3.8, 4) is 5.75 Å². The second-order valence-corrected chi connectivity index (χ2v) is 5.92. The van der Waals surface area contributed by atoms with E-state index >= 15 is 0 Å². The minimum Gasteiger partial charge on any atom is -0.492 e. The Balaban J connectivity index is 1.52. The van der Waals surface area contributed by atoms with Crippen LogP contribution in [0.15, 0.2) is 77.4 Å². The number of nitrogens with one attached hydrogen (secondary N) is 2. The molecule has 5 nitrogen and oxygen atoms in total. The van der Waals surface area contributed by atoms with Crippen molar-refractivity contribution in [1.82, 2.24) is 10.6 Å². The molecule has 3 aromatic rings. The van der Waals surface area contributed by atoms with Crippen LogP contribution >= 0.6 is 0 Å². The predicted molar refractivity (Wildman–Crippen MR) is 100 cm³/mol. The third kappa shape index (κ3) is 4.89. The number of rotatable bonds is 7. The van der Waals surface area contributed by atoms with Gasteiger partial charge in [-0.3, -0.25) is 0 Å². The maximum atomic E-state index is 12.3. The molecule has 0 saturated carbocycles. The highest BCUT2D eigenvalue weighted by atomic mass is 16.5. The highest BCUT2D eigenvalue weighted by Gasteiger charge is 2.18. The van der Waals surface area contributed by atoms with Gasteiger partial charge in [0.2, 0.25) is 0 Å². The summed E-state index contributed by atoms with van der Waals surface area (Å²) in [7, 11) is 0. The van der Waals surface area contributed by atoms with E-state index in [4.69, 9.17) is 9.15 Å². The summed E-state index contributed by atoms with van der Waals surface area (Å²) in [5.74, 6) is 1.48. The van der Waals surface area contributed by atoms with E-state index in [0.29, 0.717) is 18.9 Å². The van der Waals surface area contributed by atoms with Crippen molar-refractivity contribution in [2.45, 2.75) is 13.0 Å². The maximum absolute atomic E-state index is 12.3. The number of amides is 2. The number of hydrogen-bond donors (Lipinski definition) is 2. The average Bonchev–Trinajstić information content (AvgIpc) is 3.18. The third-order valence-corrected chi connectivity index (χ3v) is 3.88. The Labute approximate surface area is 153 Å². The molecule has 2 aromatic carbocycles. The molecule has 0 aliphatic carbocycles. The third-order valence-electron chi connectivity index (χ3n) is 3.88. The fourth-order valence-corrected chi connectivity index (χ4v) is 2.64. The Hall–Kier alpha value is -3.21. The molecule has 26 heavy (non-hydrogen) atoms. The van der Waals surface area contributed by atoms with Crippen LogP contribution in [0.25, 0.3) is 0 Å². The molecule has 3 rings (SSSR count). The van der Waals surface area contributed by atoms with Crippen LogP contribution in [0.4, 0.5) is 4.79 Å². The first kappa shape index (κ1) is 17.6. The lowest BCUT2D eigenvalue weighted by atomic mass is 10.1. The number of carbonyl (C=O) groups excluding carboxylic acids is 1. The first-order chi connectivity index (χ1) is 12.7. The minimum absolute atomic E-state index is 0.275. The first-order valence-corrected chi connectivity index (χ1v) is 8.54. The zero-order chi connectivity index (χ0) is 18.2. The van der Waals surface area contributed by atoms with Crippen LogP contribution in [0.5, 0.6) is 5.75 Å².